The highest BCUT2D eigenvalue weighted by atomic mass is 35.5. The normalized spacial score (nSPS) is 11.0. The van der Waals surface area contributed by atoms with Crippen molar-refractivity contribution in [2.75, 3.05) is 5.32 Å². The van der Waals surface area contributed by atoms with Gasteiger partial charge in [-0.15, -0.1) is 0 Å². The molecule has 146 valence electrons. The Hall–Kier alpha value is -3.63. The molecule has 0 spiro atoms. The zero-order valence-electron chi connectivity index (χ0n) is 15.4. The molecule has 0 saturated heterocycles. The molecular weight excluding hydrogens is 395 g/mol. The largest absolute Gasteiger partial charge is 0.486 e. The first-order valence-corrected chi connectivity index (χ1v) is 8.91. The van der Waals surface area contributed by atoms with Crippen LogP contribution in [0.25, 0.3) is 6.08 Å². The van der Waals surface area contributed by atoms with Gasteiger partial charge < -0.3 is 14.6 Å². The Morgan fingerprint density at radius 1 is 1.34 bits per heavy atom. The van der Waals surface area contributed by atoms with Gasteiger partial charge in [-0.1, -0.05) is 23.7 Å². The fraction of sp³-hybridized carbons (Fsp3) is 0.0952. The van der Waals surface area contributed by atoms with Crippen LogP contribution in [0.15, 0.2) is 60.4 Å². The molecule has 1 heterocycles. The second-order valence-corrected chi connectivity index (χ2v) is 6.47. The van der Waals surface area contributed by atoms with E-state index in [9.17, 15) is 14.4 Å². The van der Waals surface area contributed by atoms with Crippen molar-refractivity contribution in [2.24, 2.45) is 7.05 Å². The summed E-state index contributed by atoms with van der Waals surface area (Å²) >= 11 is 5.70. The summed E-state index contributed by atoms with van der Waals surface area (Å²) in [6.07, 6.45) is 4.98. The van der Waals surface area contributed by atoms with Crippen molar-refractivity contribution in [3.8, 4) is 11.8 Å². The number of hydrogen-bond donors (Lipinski definition) is 1. The molecule has 1 N–H and O–H groups in total. The molecule has 0 aliphatic carbocycles. The molecule has 1 aromatic heterocycles. The number of nitrogens with one attached hydrogen (secondary N) is 1. The zero-order valence-corrected chi connectivity index (χ0v) is 16.2. The molecule has 0 fully saturated rings. The summed E-state index contributed by atoms with van der Waals surface area (Å²) in [6, 6.07) is 12.6. The number of anilines is 1. The van der Waals surface area contributed by atoms with Crippen molar-refractivity contribution in [3.05, 3.63) is 82.7 Å². The van der Waals surface area contributed by atoms with Gasteiger partial charge in [0.1, 0.15) is 35.6 Å². The van der Waals surface area contributed by atoms with Crippen molar-refractivity contribution >= 4 is 29.3 Å². The summed E-state index contributed by atoms with van der Waals surface area (Å²) in [7, 11) is 1.88. The van der Waals surface area contributed by atoms with E-state index in [2.05, 4.69) is 10.3 Å². The quantitative estimate of drug-likeness (QED) is 0.484. The van der Waals surface area contributed by atoms with Crippen LogP contribution in [0.2, 0.25) is 5.02 Å². The number of carbonyl (C=O) groups is 1. The van der Waals surface area contributed by atoms with Gasteiger partial charge >= 0.3 is 0 Å². The lowest BCUT2D eigenvalue weighted by Crippen LogP contribution is -2.13. The molecule has 2 aromatic carbocycles. The minimum absolute atomic E-state index is 0.105. The fourth-order valence-corrected chi connectivity index (χ4v) is 2.61. The Morgan fingerprint density at radius 2 is 2.10 bits per heavy atom. The van der Waals surface area contributed by atoms with Gasteiger partial charge in [-0.3, -0.25) is 4.79 Å². The number of nitrogens with zero attached hydrogens (tertiary/aromatic N) is 3. The SMILES string of the molecule is Cn1ccnc1COc1ccc(/C=C(/C#N)C(=O)Nc2ccc(F)c(Cl)c2)cc1. The van der Waals surface area contributed by atoms with E-state index in [0.717, 1.165) is 11.9 Å². The maximum Gasteiger partial charge on any atom is 0.266 e. The molecule has 0 saturated carbocycles. The number of carbonyl (C=O) groups excluding carboxylic acids is 1. The van der Waals surface area contributed by atoms with E-state index in [0.29, 0.717) is 23.6 Å². The fourth-order valence-electron chi connectivity index (χ4n) is 2.43. The predicted octanol–water partition coefficient (Wildman–Crippen LogP) is 4.34. The van der Waals surface area contributed by atoms with Crippen LogP contribution in [0.4, 0.5) is 10.1 Å². The molecule has 6 nitrogen and oxygen atoms in total. The maximum atomic E-state index is 13.2. The minimum atomic E-state index is -0.620. The highest BCUT2D eigenvalue weighted by Gasteiger charge is 2.11. The van der Waals surface area contributed by atoms with Crippen molar-refractivity contribution in [2.45, 2.75) is 6.61 Å². The number of hydrogen-bond acceptors (Lipinski definition) is 4. The summed E-state index contributed by atoms with van der Waals surface area (Å²) in [5, 5.41) is 11.7. The van der Waals surface area contributed by atoms with Crippen LogP contribution in [0, 0.1) is 17.1 Å². The molecule has 0 bridgehead atoms. The second kappa shape index (κ2) is 9.04. The maximum absolute atomic E-state index is 13.2. The van der Waals surface area contributed by atoms with Gasteiger partial charge in [0.2, 0.25) is 0 Å². The van der Waals surface area contributed by atoms with Gasteiger partial charge in [-0.05, 0) is 42.0 Å². The molecule has 0 radical (unpaired) electrons. The van der Waals surface area contributed by atoms with Crippen LogP contribution < -0.4 is 10.1 Å². The summed E-state index contributed by atoms with van der Waals surface area (Å²) < 4.78 is 20.7. The van der Waals surface area contributed by atoms with Gasteiger partial charge in [0.15, 0.2) is 0 Å². The number of aromatic nitrogens is 2. The van der Waals surface area contributed by atoms with Crippen LogP contribution in [-0.2, 0) is 18.4 Å². The smallest absolute Gasteiger partial charge is 0.266 e. The van der Waals surface area contributed by atoms with Crippen LogP contribution >= 0.6 is 11.6 Å². The molecule has 3 aromatic rings. The second-order valence-electron chi connectivity index (χ2n) is 6.06. The zero-order chi connectivity index (χ0) is 20.8. The number of halogens is 2. The van der Waals surface area contributed by atoms with Crippen molar-refractivity contribution in [1.82, 2.24) is 9.55 Å². The van der Waals surface area contributed by atoms with Crippen LogP contribution in [-0.4, -0.2) is 15.5 Å². The van der Waals surface area contributed by atoms with E-state index in [-0.39, 0.29) is 10.6 Å². The Kier molecular flexibility index (Phi) is 6.27. The minimum Gasteiger partial charge on any atom is -0.486 e. The van der Waals surface area contributed by atoms with Crippen LogP contribution in [0.5, 0.6) is 5.75 Å². The van der Waals surface area contributed by atoms with Gasteiger partial charge in [-0.2, -0.15) is 5.26 Å². The lowest BCUT2D eigenvalue weighted by molar-refractivity contribution is -0.112. The highest BCUT2D eigenvalue weighted by Crippen LogP contribution is 2.20. The number of ether oxygens (including phenoxy) is 1. The van der Waals surface area contributed by atoms with E-state index in [4.69, 9.17) is 16.3 Å². The third-order valence-corrected chi connectivity index (χ3v) is 4.31. The Morgan fingerprint density at radius 3 is 2.72 bits per heavy atom. The van der Waals surface area contributed by atoms with E-state index in [1.807, 2.05) is 23.9 Å². The number of rotatable bonds is 6. The molecule has 0 atom stereocenters. The van der Waals surface area contributed by atoms with Gasteiger partial charge in [0.05, 0.1) is 5.02 Å². The molecule has 0 aliphatic heterocycles. The third-order valence-electron chi connectivity index (χ3n) is 4.02. The Labute approximate surface area is 171 Å². The summed E-state index contributed by atoms with van der Waals surface area (Å²) in [5.41, 5.74) is 0.839. The molecular formula is C21H16ClFN4O2. The Balaban J connectivity index is 1.66. The molecule has 0 aliphatic rings. The number of nitriles is 1. The van der Waals surface area contributed by atoms with Crippen molar-refractivity contribution in [3.63, 3.8) is 0 Å². The summed E-state index contributed by atoms with van der Waals surface area (Å²) in [6.45, 7) is 0.324. The number of aryl methyl sites for hydroxylation is 1. The summed E-state index contributed by atoms with van der Waals surface area (Å²) in [5.74, 6) is 0.212. The Bertz CT molecular complexity index is 1100. The standard InChI is InChI=1S/C21H16ClFN4O2/c1-27-9-8-25-20(27)13-29-17-5-2-14(3-6-17)10-15(12-24)21(28)26-16-4-7-19(23)18(22)11-16/h2-11H,13H2,1H3,(H,26,28)/b15-10-. The van der Waals surface area contributed by atoms with Gasteiger partial charge in [0, 0.05) is 25.1 Å². The predicted molar refractivity (Wildman–Crippen MR) is 108 cm³/mol. The molecule has 29 heavy (non-hydrogen) atoms. The average molecular weight is 411 g/mol. The highest BCUT2D eigenvalue weighted by molar-refractivity contribution is 6.31. The van der Waals surface area contributed by atoms with E-state index < -0.39 is 11.7 Å². The first-order chi connectivity index (χ1) is 14.0. The van der Waals surface area contributed by atoms with E-state index in [1.54, 1.807) is 30.5 Å². The number of benzene rings is 2. The van der Waals surface area contributed by atoms with Crippen molar-refractivity contribution in [1.29, 1.82) is 5.26 Å². The third kappa shape index (κ3) is 5.21. The van der Waals surface area contributed by atoms with Crippen LogP contribution in [0.1, 0.15) is 11.4 Å². The topological polar surface area (TPSA) is 79.9 Å². The van der Waals surface area contributed by atoms with E-state index in [1.165, 1.54) is 18.2 Å². The van der Waals surface area contributed by atoms with Gasteiger partial charge in [-0.25, -0.2) is 9.37 Å². The first-order valence-electron chi connectivity index (χ1n) is 8.53. The molecule has 0 unspecified atom stereocenters. The average Bonchev–Trinajstić information content (AvgIpc) is 3.13. The number of imidazole rings is 1. The van der Waals surface area contributed by atoms with Crippen molar-refractivity contribution < 1.29 is 13.9 Å². The molecule has 1 amide bonds. The van der Waals surface area contributed by atoms with Gasteiger partial charge in [0.25, 0.3) is 5.91 Å². The molecule has 3 rings (SSSR count). The molecule has 8 heteroatoms. The lowest BCUT2D eigenvalue weighted by Gasteiger charge is -2.07. The van der Waals surface area contributed by atoms with E-state index >= 15 is 0 Å². The lowest BCUT2D eigenvalue weighted by atomic mass is 10.1. The first kappa shape index (κ1) is 20.1. The van der Waals surface area contributed by atoms with Crippen LogP contribution in [0.3, 0.4) is 0 Å². The number of amides is 1. The summed E-state index contributed by atoms with van der Waals surface area (Å²) in [4.78, 5) is 16.5. The monoisotopic (exact) mass is 410 g/mol.